The fourth-order valence-corrected chi connectivity index (χ4v) is 4.54. The Balaban J connectivity index is 1.87. The van der Waals surface area contributed by atoms with Crippen LogP contribution in [0.5, 0.6) is 17.2 Å². The molecule has 1 aliphatic rings. The van der Waals surface area contributed by atoms with E-state index >= 15 is 0 Å². The largest absolute Gasteiger partial charge is 0.507 e. The summed E-state index contributed by atoms with van der Waals surface area (Å²) in [5.74, 6) is 0.191. The normalized spacial score (nSPS) is 16.7. The van der Waals surface area contributed by atoms with Crippen molar-refractivity contribution in [1.29, 1.82) is 0 Å². The molecule has 1 heterocycles. The van der Waals surface area contributed by atoms with E-state index in [0.29, 0.717) is 46.6 Å². The van der Waals surface area contributed by atoms with Crippen molar-refractivity contribution in [3.63, 3.8) is 0 Å². The molecule has 1 atom stereocenters. The van der Waals surface area contributed by atoms with Crippen molar-refractivity contribution in [3.05, 3.63) is 89.0 Å². The highest BCUT2D eigenvalue weighted by Crippen LogP contribution is 2.44. The monoisotopic (exact) mass is 515 g/mol. The summed E-state index contributed by atoms with van der Waals surface area (Å²) in [6.07, 6.45) is 0.870. The average molecular weight is 516 g/mol. The lowest BCUT2D eigenvalue weighted by Gasteiger charge is -2.26. The van der Waals surface area contributed by atoms with Crippen LogP contribution >= 0.6 is 0 Å². The Morgan fingerprint density at radius 3 is 2.16 bits per heavy atom. The van der Waals surface area contributed by atoms with E-state index in [1.165, 1.54) is 19.1 Å². The first kappa shape index (κ1) is 26.8. The predicted molar refractivity (Wildman–Crippen MR) is 147 cm³/mol. The van der Waals surface area contributed by atoms with Crippen LogP contribution < -0.4 is 19.1 Å². The van der Waals surface area contributed by atoms with Gasteiger partial charge >= 0.3 is 0 Å². The van der Waals surface area contributed by atoms with E-state index < -0.39 is 17.7 Å². The molecule has 0 aliphatic carbocycles. The maximum absolute atomic E-state index is 13.5. The molecule has 7 heteroatoms. The summed E-state index contributed by atoms with van der Waals surface area (Å²) in [6, 6.07) is 18.7. The number of aliphatic hydroxyl groups is 1. The lowest BCUT2D eigenvalue weighted by atomic mass is 9.94. The van der Waals surface area contributed by atoms with Crippen LogP contribution in [0.25, 0.3) is 5.76 Å². The number of benzene rings is 3. The van der Waals surface area contributed by atoms with E-state index in [4.69, 9.17) is 14.2 Å². The number of nitrogens with zero attached hydrogens (tertiary/aromatic N) is 1. The third kappa shape index (κ3) is 5.09. The van der Waals surface area contributed by atoms with E-state index in [1.807, 2.05) is 31.2 Å². The predicted octanol–water partition coefficient (Wildman–Crippen LogP) is 6.24. The van der Waals surface area contributed by atoms with Gasteiger partial charge in [-0.25, -0.2) is 0 Å². The second-order valence-corrected chi connectivity index (χ2v) is 9.40. The number of ketones is 1. The highest BCUT2D eigenvalue weighted by molar-refractivity contribution is 6.51. The van der Waals surface area contributed by atoms with E-state index in [0.717, 1.165) is 12.0 Å². The molecule has 0 spiro atoms. The number of carbonyl (C=O) groups is 2. The lowest BCUT2D eigenvalue weighted by molar-refractivity contribution is -0.132. The first-order valence-electron chi connectivity index (χ1n) is 12.7. The molecule has 0 saturated carbocycles. The zero-order valence-corrected chi connectivity index (χ0v) is 22.4. The molecule has 7 nitrogen and oxygen atoms in total. The summed E-state index contributed by atoms with van der Waals surface area (Å²) in [5, 5.41) is 11.4. The third-order valence-corrected chi connectivity index (χ3v) is 6.61. The molecule has 1 amide bonds. The Morgan fingerprint density at radius 2 is 1.58 bits per heavy atom. The molecule has 0 aromatic heterocycles. The maximum Gasteiger partial charge on any atom is 0.300 e. The molecule has 4 rings (SSSR count). The number of hydrogen-bond acceptors (Lipinski definition) is 6. The molecule has 3 aromatic carbocycles. The molecule has 0 radical (unpaired) electrons. The summed E-state index contributed by atoms with van der Waals surface area (Å²) in [7, 11) is 3.05. The molecule has 1 saturated heterocycles. The quantitative estimate of drug-likeness (QED) is 0.206. The molecule has 1 N–H and O–H groups in total. The SMILES string of the molecule is CCCOc1ccc(/C(O)=C2/C(=O)C(=O)N(c3ccc(C(C)C)cc3)C2c2ccc(OC)c(OC)c2)cc1. The molecule has 1 aliphatic heterocycles. The van der Waals surface area contributed by atoms with Crippen LogP contribution in [0.1, 0.15) is 55.8 Å². The van der Waals surface area contributed by atoms with Crippen molar-refractivity contribution in [3.8, 4) is 17.2 Å². The summed E-state index contributed by atoms with van der Waals surface area (Å²) in [4.78, 5) is 28.3. The van der Waals surface area contributed by atoms with Gasteiger partial charge in [-0.1, -0.05) is 39.0 Å². The molecule has 1 fully saturated rings. The van der Waals surface area contributed by atoms with Gasteiger partial charge in [-0.15, -0.1) is 0 Å². The Kier molecular flexibility index (Phi) is 8.05. The van der Waals surface area contributed by atoms with Gasteiger partial charge in [0.05, 0.1) is 32.4 Å². The van der Waals surface area contributed by atoms with Gasteiger partial charge in [0.2, 0.25) is 0 Å². The summed E-state index contributed by atoms with van der Waals surface area (Å²) >= 11 is 0. The van der Waals surface area contributed by atoms with Crippen molar-refractivity contribution < 1.29 is 28.9 Å². The van der Waals surface area contributed by atoms with Gasteiger partial charge in [-0.05, 0) is 72.0 Å². The maximum atomic E-state index is 13.5. The number of Topliss-reactive ketones (excluding diaryl/α,β-unsaturated/α-hetero) is 1. The van der Waals surface area contributed by atoms with Crippen LogP contribution in [0.3, 0.4) is 0 Å². The van der Waals surface area contributed by atoms with Crippen molar-refractivity contribution in [2.24, 2.45) is 0 Å². The van der Waals surface area contributed by atoms with E-state index in [-0.39, 0.29) is 11.3 Å². The molecule has 0 bridgehead atoms. The molecular weight excluding hydrogens is 482 g/mol. The molecule has 1 unspecified atom stereocenters. The minimum atomic E-state index is -0.879. The topological polar surface area (TPSA) is 85.3 Å². The minimum absolute atomic E-state index is 0.00242. The van der Waals surface area contributed by atoms with Crippen LogP contribution in [0, 0.1) is 0 Å². The van der Waals surface area contributed by atoms with Gasteiger partial charge in [0.1, 0.15) is 11.5 Å². The minimum Gasteiger partial charge on any atom is -0.507 e. The standard InChI is InChI=1S/C31H33NO6/c1-6-17-38-24-14-9-21(10-15-24)29(33)27-28(22-11-16-25(36-4)26(18-22)37-5)32(31(35)30(27)34)23-12-7-20(8-13-23)19(2)3/h7-16,18-19,28,33H,6,17H2,1-5H3/b29-27-. The number of methoxy groups -OCH3 is 2. The molecule has 198 valence electrons. The fourth-order valence-electron chi connectivity index (χ4n) is 4.54. The van der Waals surface area contributed by atoms with Crippen LogP contribution in [0.4, 0.5) is 5.69 Å². The Morgan fingerprint density at radius 1 is 0.921 bits per heavy atom. The van der Waals surface area contributed by atoms with Gasteiger partial charge in [0.25, 0.3) is 11.7 Å². The third-order valence-electron chi connectivity index (χ3n) is 6.61. The summed E-state index contributed by atoms with van der Waals surface area (Å²) in [5.41, 5.74) is 2.67. The van der Waals surface area contributed by atoms with Crippen molar-refractivity contribution in [2.75, 3.05) is 25.7 Å². The van der Waals surface area contributed by atoms with Crippen LogP contribution in [-0.4, -0.2) is 37.6 Å². The number of ether oxygens (including phenoxy) is 3. The van der Waals surface area contributed by atoms with Gasteiger partial charge in [-0.3, -0.25) is 14.5 Å². The number of aliphatic hydroxyl groups excluding tert-OH is 1. The summed E-state index contributed by atoms with van der Waals surface area (Å²) in [6.45, 7) is 6.77. The van der Waals surface area contributed by atoms with Crippen molar-refractivity contribution >= 4 is 23.1 Å². The number of rotatable bonds is 9. The first-order chi connectivity index (χ1) is 18.3. The second-order valence-electron chi connectivity index (χ2n) is 9.40. The van der Waals surface area contributed by atoms with E-state index in [1.54, 1.807) is 42.5 Å². The fraction of sp³-hybridized carbons (Fsp3) is 0.290. The van der Waals surface area contributed by atoms with Gasteiger partial charge in [-0.2, -0.15) is 0 Å². The summed E-state index contributed by atoms with van der Waals surface area (Å²) < 4.78 is 16.5. The number of carbonyl (C=O) groups excluding carboxylic acids is 2. The zero-order chi connectivity index (χ0) is 27.4. The zero-order valence-electron chi connectivity index (χ0n) is 22.4. The number of hydrogen-bond donors (Lipinski definition) is 1. The first-order valence-corrected chi connectivity index (χ1v) is 12.7. The number of anilines is 1. The highest BCUT2D eigenvalue weighted by Gasteiger charge is 2.47. The smallest absolute Gasteiger partial charge is 0.300 e. The van der Waals surface area contributed by atoms with E-state index in [2.05, 4.69) is 13.8 Å². The van der Waals surface area contributed by atoms with Crippen LogP contribution in [0.15, 0.2) is 72.3 Å². The second kappa shape index (κ2) is 11.4. The average Bonchev–Trinajstić information content (AvgIpc) is 3.21. The van der Waals surface area contributed by atoms with Crippen molar-refractivity contribution in [2.45, 2.75) is 39.2 Å². The van der Waals surface area contributed by atoms with E-state index in [9.17, 15) is 14.7 Å². The van der Waals surface area contributed by atoms with Crippen molar-refractivity contribution in [1.82, 2.24) is 0 Å². The van der Waals surface area contributed by atoms with Crippen LogP contribution in [-0.2, 0) is 9.59 Å². The Bertz CT molecular complexity index is 1340. The Hall–Kier alpha value is -4.26. The molecule has 3 aromatic rings. The van der Waals surface area contributed by atoms with Gasteiger partial charge < -0.3 is 19.3 Å². The molecular formula is C31H33NO6. The van der Waals surface area contributed by atoms with Gasteiger partial charge in [0.15, 0.2) is 11.5 Å². The Labute approximate surface area is 223 Å². The lowest BCUT2D eigenvalue weighted by Crippen LogP contribution is -2.29. The molecule has 38 heavy (non-hydrogen) atoms. The van der Waals surface area contributed by atoms with Gasteiger partial charge in [0, 0.05) is 11.3 Å². The number of amides is 1. The highest BCUT2D eigenvalue weighted by atomic mass is 16.5. The van der Waals surface area contributed by atoms with Crippen LogP contribution in [0.2, 0.25) is 0 Å².